The van der Waals surface area contributed by atoms with Crippen LogP contribution in [-0.4, -0.2) is 47.9 Å². The van der Waals surface area contributed by atoms with Crippen LogP contribution in [0.2, 0.25) is 0 Å². The van der Waals surface area contributed by atoms with Crippen LogP contribution in [0.25, 0.3) is 10.9 Å². The fourth-order valence-corrected chi connectivity index (χ4v) is 3.76. The molecule has 5 nitrogen and oxygen atoms in total. The molecule has 0 aliphatic carbocycles. The molecule has 0 atom stereocenters. The average Bonchev–Trinajstić information content (AvgIpc) is 3.07. The largest absolute Gasteiger partial charge is 0.378 e. The Labute approximate surface area is 178 Å². The summed E-state index contributed by atoms with van der Waals surface area (Å²) in [5.74, 6) is 0.126. The highest BCUT2D eigenvalue weighted by atomic mass is 127. The summed E-state index contributed by atoms with van der Waals surface area (Å²) in [5.41, 5.74) is 4.21. The van der Waals surface area contributed by atoms with E-state index in [2.05, 4.69) is 52.7 Å². The zero-order chi connectivity index (χ0) is 19.5. The SMILES string of the molecule is Cc1cc(N=Cc2cn(CC(=O)N3CCOCC3)c3ccccc23)ccc1I. The molecule has 0 bridgehead atoms. The van der Waals surface area contributed by atoms with Gasteiger partial charge in [-0.15, -0.1) is 0 Å². The van der Waals surface area contributed by atoms with Crippen molar-refractivity contribution in [1.29, 1.82) is 0 Å². The van der Waals surface area contributed by atoms with Gasteiger partial charge >= 0.3 is 0 Å². The number of aryl methyl sites for hydroxylation is 1. The Morgan fingerprint density at radius 1 is 1.21 bits per heavy atom. The summed E-state index contributed by atoms with van der Waals surface area (Å²) in [6.07, 6.45) is 3.91. The highest BCUT2D eigenvalue weighted by molar-refractivity contribution is 14.1. The molecule has 3 aromatic rings. The number of carbonyl (C=O) groups is 1. The van der Waals surface area contributed by atoms with Crippen molar-refractivity contribution < 1.29 is 9.53 Å². The van der Waals surface area contributed by atoms with Crippen molar-refractivity contribution in [1.82, 2.24) is 9.47 Å². The number of hydrogen-bond acceptors (Lipinski definition) is 3. The number of nitrogens with zero attached hydrogens (tertiary/aromatic N) is 3. The number of para-hydroxylation sites is 1. The fraction of sp³-hybridized carbons (Fsp3) is 0.273. The van der Waals surface area contributed by atoms with Gasteiger partial charge in [-0.3, -0.25) is 9.79 Å². The van der Waals surface area contributed by atoms with Gasteiger partial charge < -0.3 is 14.2 Å². The molecule has 2 aromatic carbocycles. The van der Waals surface area contributed by atoms with E-state index in [1.165, 1.54) is 9.13 Å². The second-order valence-corrected chi connectivity index (χ2v) is 8.08. The van der Waals surface area contributed by atoms with E-state index in [9.17, 15) is 4.79 Å². The Kier molecular flexibility index (Phi) is 5.77. The number of halogens is 1. The predicted octanol–water partition coefficient (Wildman–Crippen LogP) is 4.16. The van der Waals surface area contributed by atoms with Crippen LogP contribution in [-0.2, 0) is 16.1 Å². The summed E-state index contributed by atoms with van der Waals surface area (Å²) >= 11 is 2.33. The van der Waals surface area contributed by atoms with Gasteiger partial charge in [0.1, 0.15) is 6.54 Å². The topological polar surface area (TPSA) is 46.8 Å². The number of hydrogen-bond donors (Lipinski definition) is 0. The number of benzene rings is 2. The van der Waals surface area contributed by atoms with Crippen molar-refractivity contribution in [3.8, 4) is 0 Å². The molecule has 0 spiro atoms. The number of fused-ring (bicyclic) bond motifs is 1. The van der Waals surface area contributed by atoms with Gasteiger partial charge in [-0.25, -0.2) is 0 Å². The maximum atomic E-state index is 12.7. The first kappa shape index (κ1) is 19.1. The highest BCUT2D eigenvalue weighted by Crippen LogP contribution is 2.23. The third-order valence-electron chi connectivity index (χ3n) is 4.98. The zero-order valence-electron chi connectivity index (χ0n) is 15.8. The van der Waals surface area contributed by atoms with Gasteiger partial charge in [0.05, 0.1) is 18.9 Å². The minimum atomic E-state index is 0.126. The molecule has 28 heavy (non-hydrogen) atoms. The summed E-state index contributed by atoms with van der Waals surface area (Å²) in [5, 5.41) is 1.10. The molecule has 144 valence electrons. The van der Waals surface area contributed by atoms with Crippen LogP contribution in [0.1, 0.15) is 11.1 Å². The Morgan fingerprint density at radius 3 is 2.79 bits per heavy atom. The third-order valence-corrected chi connectivity index (χ3v) is 6.19. The molecule has 1 amide bonds. The van der Waals surface area contributed by atoms with Crippen LogP contribution >= 0.6 is 22.6 Å². The van der Waals surface area contributed by atoms with Gasteiger partial charge in [-0.05, 0) is 59.3 Å². The van der Waals surface area contributed by atoms with Gasteiger partial charge in [0, 0.05) is 45.5 Å². The van der Waals surface area contributed by atoms with Gasteiger partial charge in [-0.2, -0.15) is 0 Å². The van der Waals surface area contributed by atoms with Gasteiger partial charge in [0.2, 0.25) is 5.91 Å². The number of carbonyl (C=O) groups excluding carboxylic acids is 1. The molecule has 1 aliphatic rings. The van der Waals surface area contributed by atoms with E-state index in [1.54, 1.807) is 0 Å². The van der Waals surface area contributed by atoms with Crippen LogP contribution in [0.5, 0.6) is 0 Å². The number of ether oxygens (including phenoxy) is 1. The summed E-state index contributed by atoms with van der Waals surface area (Å²) in [7, 11) is 0. The summed E-state index contributed by atoms with van der Waals surface area (Å²) in [4.78, 5) is 19.2. The molecule has 1 aliphatic heterocycles. The van der Waals surface area contributed by atoms with E-state index in [4.69, 9.17) is 4.74 Å². The van der Waals surface area contributed by atoms with E-state index >= 15 is 0 Å². The molecule has 0 saturated carbocycles. The van der Waals surface area contributed by atoms with E-state index in [0.29, 0.717) is 32.8 Å². The van der Waals surface area contributed by atoms with Crippen LogP contribution in [0, 0.1) is 10.5 Å². The molecule has 1 saturated heterocycles. The number of amides is 1. The number of aliphatic imine (C=N–C) groups is 1. The Hall–Kier alpha value is -2.19. The monoisotopic (exact) mass is 487 g/mol. The smallest absolute Gasteiger partial charge is 0.242 e. The van der Waals surface area contributed by atoms with E-state index in [1.807, 2.05) is 46.1 Å². The molecule has 0 radical (unpaired) electrons. The van der Waals surface area contributed by atoms with Crippen LogP contribution in [0.3, 0.4) is 0 Å². The molecule has 1 aromatic heterocycles. The van der Waals surface area contributed by atoms with Gasteiger partial charge in [0.15, 0.2) is 0 Å². The van der Waals surface area contributed by atoms with Crippen molar-refractivity contribution in [3.05, 3.63) is 63.4 Å². The normalized spacial score (nSPS) is 14.9. The lowest BCUT2D eigenvalue weighted by Gasteiger charge is -2.27. The summed E-state index contributed by atoms with van der Waals surface area (Å²) in [6, 6.07) is 14.3. The highest BCUT2D eigenvalue weighted by Gasteiger charge is 2.18. The van der Waals surface area contributed by atoms with E-state index < -0.39 is 0 Å². The van der Waals surface area contributed by atoms with E-state index in [-0.39, 0.29) is 5.91 Å². The molecule has 2 heterocycles. The first-order valence-electron chi connectivity index (χ1n) is 9.35. The standard InChI is InChI=1S/C22H22IN3O2/c1-16-12-18(6-7-20(16)23)24-13-17-14-26(21-5-3-2-4-19(17)21)15-22(27)25-8-10-28-11-9-25/h2-7,12-14H,8-11,15H2,1H3. The molecule has 6 heteroatoms. The molecule has 4 rings (SSSR count). The van der Waals surface area contributed by atoms with Crippen molar-refractivity contribution in [2.45, 2.75) is 13.5 Å². The zero-order valence-corrected chi connectivity index (χ0v) is 17.9. The second-order valence-electron chi connectivity index (χ2n) is 6.91. The van der Waals surface area contributed by atoms with Crippen LogP contribution < -0.4 is 0 Å². The van der Waals surface area contributed by atoms with Crippen molar-refractivity contribution >= 4 is 51.3 Å². The van der Waals surface area contributed by atoms with Crippen LogP contribution in [0.15, 0.2) is 53.7 Å². The maximum absolute atomic E-state index is 12.7. The van der Waals surface area contributed by atoms with Crippen LogP contribution in [0.4, 0.5) is 5.69 Å². The van der Waals surface area contributed by atoms with Crippen molar-refractivity contribution in [2.24, 2.45) is 4.99 Å². The maximum Gasteiger partial charge on any atom is 0.242 e. The molecule has 0 N–H and O–H groups in total. The first-order valence-corrected chi connectivity index (χ1v) is 10.4. The Balaban J connectivity index is 1.61. The second kappa shape index (κ2) is 8.45. The van der Waals surface area contributed by atoms with Crippen molar-refractivity contribution in [2.75, 3.05) is 26.3 Å². The minimum absolute atomic E-state index is 0.126. The number of rotatable bonds is 4. The van der Waals surface area contributed by atoms with Crippen molar-refractivity contribution in [3.63, 3.8) is 0 Å². The third kappa shape index (κ3) is 4.12. The molecule has 0 unspecified atom stereocenters. The minimum Gasteiger partial charge on any atom is -0.378 e. The number of morpholine rings is 1. The molecular weight excluding hydrogens is 465 g/mol. The lowest BCUT2D eigenvalue weighted by molar-refractivity contribution is -0.135. The predicted molar refractivity (Wildman–Crippen MR) is 120 cm³/mol. The Bertz CT molecular complexity index is 1040. The van der Waals surface area contributed by atoms with E-state index in [0.717, 1.165) is 22.2 Å². The average molecular weight is 487 g/mol. The lowest BCUT2D eigenvalue weighted by Crippen LogP contribution is -2.42. The first-order chi connectivity index (χ1) is 13.6. The molecule has 1 fully saturated rings. The lowest BCUT2D eigenvalue weighted by atomic mass is 10.2. The van der Waals surface area contributed by atoms with Gasteiger partial charge in [0.25, 0.3) is 0 Å². The number of aromatic nitrogens is 1. The molecular formula is C22H22IN3O2. The summed E-state index contributed by atoms with van der Waals surface area (Å²) in [6.45, 7) is 4.98. The van der Waals surface area contributed by atoms with Gasteiger partial charge in [-0.1, -0.05) is 18.2 Å². The fourth-order valence-electron chi connectivity index (χ4n) is 3.42. The summed E-state index contributed by atoms with van der Waals surface area (Å²) < 4.78 is 8.60. The quantitative estimate of drug-likeness (QED) is 0.410. The Morgan fingerprint density at radius 2 is 2.00 bits per heavy atom.